The number of likely N-dealkylation sites (N-methyl/N-ethyl adjacent to an activating group) is 1. The van der Waals surface area contributed by atoms with E-state index in [1.54, 1.807) is 26.1 Å². The van der Waals surface area contributed by atoms with Crippen LogP contribution in [0.2, 0.25) is 15.2 Å². The quantitative estimate of drug-likeness (QED) is 0.720. The number of carbonyl (C=O) groups excluding carboxylic acids is 2. The van der Waals surface area contributed by atoms with E-state index < -0.39 is 18.5 Å². The van der Waals surface area contributed by atoms with E-state index in [0.29, 0.717) is 16.4 Å². The molecule has 0 unspecified atom stereocenters. The Morgan fingerprint density at radius 2 is 1.96 bits per heavy atom. The molecule has 0 aliphatic heterocycles. The maximum Gasteiger partial charge on any atom is 0.326 e. The van der Waals surface area contributed by atoms with Gasteiger partial charge in [-0.05, 0) is 24.6 Å². The normalized spacial score (nSPS) is 10.3. The summed E-state index contributed by atoms with van der Waals surface area (Å²) in [6.45, 7) is 1.08. The Hall–Kier alpha value is -2.16. The van der Waals surface area contributed by atoms with Gasteiger partial charge in [-0.25, -0.2) is 4.98 Å². The zero-order valence-corrected chi connectivity index (χ0v) is 16.1. The van der Waals surface area contributed by atoms with Gasteiger partial charge in [0.1, 0.15) is 6.54 Å². The maximum absolute atomic E-state index is 11.9. The minimum atomic E-state index is -0.620. The van der Waals surface area contributed by atoms with Gasteiger partial charge in [0.2, 0.25) is 0 Å². The molecule has 8 nitrogen and oxygen atoms in total. The third-order valence-corrected chi connectivity index (χ3v) is 4.24. The van der Waals surface area contributed by atoms with Crippen LogP contribution >= 0.6 is 34.8 Å². The second kappa shape index (κ2) is 8.98. The molecule has 0 saturated heterocycles. The highest BCUT2D eigenvalue weighted by Crippen LogP contribution is 2.28. The van der Waals surface area contributed by atoms with Crippen molar-refractivity contribution in [3.63, 3.8) is 0 Å². The highest BCUT2D eigenvalue weighted by molar-refractivity contribution is 6.37. The first-order chi connectivity index (χ1) is 12.3. The Labute approximate surface area is 164 Å². The number of nitrogens with one attached hydrogen (secondary N) is 1. The Morgan fingerprint density at radius 3 is 2.62 bits per heavy atom. The number of halogens is 3. The van der Waals surface area contributed by atoms with Crippen LogP contribution in [0.1, 0.15) is 5.56 Å². The first-order valence-electron chi connectivity index (χ1n) is 7.24. The SMILES string of the molecule is Cc1c(Cl)cnc(NC(=O)COC(=O)CN(C)c2ccc(Cl)nn2)c1Cl. The lowest BCUT2D eigenvalue weighted by atomic mass is 10.3. The molecule has 0 radical (unpaired) electrons. The molecule has 26 heavy (non-hydrogen) atoms. The molecule has 2 aromatic rings. The monoisotopic (exact) mass is 417 g/mol. The maximum atomic E-state index is 11.9. The number of hydrogen-bond acceptors (Lipinski definition) is 7. The van der Waals surface area contributed by atoms with Gasteiger partial charge in [0.25, 0.3) is 5.91 Å². The van der Waals surface area contributed by atoms with Gasteiger partial charge in [-0.15, -0.1) is 10.2 Å². The summed E-state index contributed by atoms with van der Waals surface area (Å²) in [5.41, 5.74) is 0.585. The molecule has 0 aliphatic rings. The van der Waals surface area contributed by atoms with Gasteiger partial charge < -0.3 is 15.0 Å². The van der Waals surface area contributed by atoms with E-state index >= 15 is 0 Å². The summed E-state index contributed by atoms with van der Waals surface area (Å²) >= 11 is 17.6. The van der Waals surface area contributed by atoms with E-state index in [-0.39, 0.29) is 22.5 Å². The number of anilines is 2. The molecule has 0 spiro atoms. The molecule has 0 aliphatic carbocycles. The van der Waals surface area contributed by atoms with Gasteiger partial charge in [-0.1, -0.05) is 34.8 Å². The van der Waals surface area contributed by atoms with Crippen LogP contribution in [0, 0.1) is 6.92 Å². The van der Waals surface area contributed by atoms with Crippen LogP contribution in [0.15, 0.2) is 18.3 Å². The van der Waals surface area contributed by atoms with E-state index in [0.717, 1.165) is 0 Å². The third-order valence-electron chi connectivity index (χ3n) is 3.20. The number of aromatic nitrogens is 3. The highest BCUT2D eigenvalue weighted by Gasteiger charge is 2.15. The van der Waals surface area contributed by atoms with Gasteiger partial charge in [-0.3, -0.25) is 9.59 Å². The van der Waals surface area contributed by atoms with Crippen molar-refractivity contribution in [2.75, 3.05) is 30.4 Å². The molecule has 2 aromatic heterocycles. The standard InChI is InChI=1S/C15H14Cl3N5O3/c1-8-9(16)5-19-15(14(8)18)20-12(24)7-26-13(25)6-23(2)11-4-3-10(17)21-22-11/h3-5H,6-7H2,1-2H3,(H,19,20,24). The van der Waals surface area contributed by atoms with E-state index in [1.165, 1.54) is 11.1 Å². The first kappa shape index (κ1) is 20.2. The number of ether oxygens (including phenoxy) is 1. The van der Waals surface area contributed by atoms with Crippen LogP contribution in [0.4, 0.5) is 11.6 Å². The zero-order valence-electron chi connectivity index (χ0n) is 13.8. The average molecular weight is 419 g/mol. The first-order valence-corrected chi connectivity index (χ1v) is 8.37. The Balaban J connectivity index is 1.84. The van der Waals surface area contributed by atoms with E-state index in [4.69, 9.17) is 39.5 Å². The molecule has 2 heterocycles. The smallest absolute Gasteiger partial charge is 0.326 e. The van der Waals surface area contributed by atoms with Crippen LogP contribution in [0.25, 0.3) is 0 Å². The summed E-state index contributed by atoms with van der Waals surface area (Å²) in [5, 5.41) is 10.8. The van der Waals surface area contributed by atoms with Crippen molar-refractivity contribution in [3.05, 3.63) is 39.1 Å². The zero-order chi connectivity index (χ0) is 19.3. The molecule has 0 fully saturated rings. The fourth-order valence-electron chi connectivity index (χ4n) is 1.79. The lowest BCUT2D eigenvalue weighted by Gasteiger charge is -2.16. The number of hydrogen-bond donors (Lipinski definition) is 1. The molecule has 1 amide bonds. The van der Waals surface area contributed by atoms with Crippen molar-refractivity contribution in [2.24, 2.45) is 0 Å². The van der Waals surface area contributed by atoms with Crippen molar-refractivity contribution < 1.29 is 14.3 Å². The summed E-state index contributed by atoms with van der Waals surface area (Å²) in [6.07, 6.45) is 1.37. The number of amides is 1. The van der Waals surface area contributed by atoms with Crippen molar-refractivity contribution in [2.45, 2.75) is 6.92 Å². The van der Waals surface area contributed by atoms with E-state index in [1.807, 2.05) is 0 Å². The predicted octanol–water partition coefficient (Wildman–Crippen LogP) is 2.76. The van der Waals surface area contributed by atoms with Crippen molar-refractivity contribution >= 4 is 58.3 Å². The summed E-state index contributed by atoms with van der Waals surface area (Å²) in [5.74, 6) is -0.624. The highest BCUT2D eigenvalue weighted by atomic mass is 35.5. The molecule has 0 saturated carbocycles. The van der Waals surface area contributed by atoms with Crippen LogP contribution in [0.5, 0.6) is 0 Å². The fraction of sp³-hybridized carbons (Fsp3) is 0.267. The fourth-order valence-corrected chi connectivity index (χ4v) is 2.28. The predicted molar refractivity (Wildman–Crippen MR) is 98.9 cm³/mol. The van der Waals surface area contributed by atoms with Crippen molar-refractivity contribution in [1.29, 1.82) is 0 Å². The summed E-state index contributed by atoms with van der Waals surface area (Å²) in [6, 6.07) is 3.15. The van der Waals surface area contributed by atoms with E-state index in [2.05, 4.69) is 20.5 Å². The molecule has 0 atom stereocenters. The van der Waals surface area contributed by atoms with Gasteiger partial charge in [0.05, 0.1) is 10.0 Å². The second-order valence-corrected chi connectivity index (χ2v) is 6.35. The molecule has 0 aromatic carbocycles. The number of pyridine rings is 1. The molecule has 0 bridgehead atoms. The second-order valence-electron chi connectivity index (χ2n) is 5.17. The van der Waals surface area contributed by atoms with Crippen LogP contribution in [-0.2, 0) is 14.3 Å². The largest absolute Gasteiger partial charge is 0.454 e. The van der Waals surface area contributed by atoms with E-state index in [9.17, 15) is 9.59 Å². The molecule has 1 N–H and O–H groups in total. The molecule has 2 rings (SSSR count). The van der Waals surface area contributed by atoms with Crippen LogP contribution < -0.4 is 10.2 Å². The molecule has 11 heteroatoms. The van der Waals surface area contributed by atoms with Crippen LogP contribution in [0.3, 0.4) is 0 Å². The van der Waals surface area contributed by atoms with Gasteiger partial charge >= 0.3 is 5.97 Å². The van der Waals surface area contributed by atoms with Crippen LogP contribution in [-0.4, -0.2) is 47.3 Å². The average Bonchev–Trinajstić information content (AvgIpc) is 2.61. The molecule has 138 valence electrons. The lowest BCUT2D eigenvalue weighted by Crippen LogP contribution is -2.30. The number of carbonyl (C=O) groups is 2. The lowest BCUT2D eigenvalue weighted by molar-refractivity contribution is -0.145. The van der Waals surface area contributed by atoms with Crippen molar-refractivity contribution in [3.8, 4) is 0 Å². The summed E-state index contributed by atoms with van der Waals surface area (Å²) < 4.78 is 4.92. The van der Waals surface area contributed by atoms with Crippen molar-refractivity contribution in [1.82, 2.24) is 15.2 Å². The number of rotatable bonds is 6. The Kier molecular flexibility index (Phi) is 6.96. The third kappa shape index (κ3) is 5.42. The minimum Gasteiger partial charge on any atom is -0.454 e. The Morgan fingerprint density at radius 1 is 1.23 bits per heavy atom. The molecular formula is C15H14Cl3N5O3. The molecular weight excluding hydrogens is 405 g/mol. The number of esters is 1. The van der Waals surface area contributed by atoms with Gasteiger partial charge in [-0.2, -0.15) is 0 Å². The topological polar surface area (TPSA) is 97.3 Å². The van der Waals surface area contributed by atoms with Gasteiger partial charge in [0, 0.05) is 13.2 Å². The Bertz CT molecular complexity index is 817. The summed E-state index contributed by atoms with van der Waals surface area (Å²) in [4.78, 5) is 29.2. The van der Waals surface area contributed by atoms with Gasteiger partial charge in [0.15, 0.2) is 23.4 Å². The minimum absolute atomic E-state index is 0.122. The summed E-state index contributed by atoms with van der Waals surface area (Å²) in [7, 11) is 1.62. The number of nitrogens with zero attached hydrogens (tertiary/aromatic N) is 4.